The second kappa shape index (κ2) is 9.59. The molecule has 0 spiro atoms. The van der Waals surface area contributed by atoms with Crippen molar-refractivity contribution in [1.82, 2.24) is 10.7 Å². The van der Waals surface area contributed by atoms with Crippen LogP contribution in [-0.4, -0.2) is 24.1 Å². The van der Waals surface area contributed by atoms with Gasteiger partial charge in [0, 0.05) is 10.6 Å². The second-order valence-corrected chi connectivity index (χ2v) is 5.84. The Morgan fingerprint density at radius 2 is 1.68 bits per heavy atom. The molecule has 0 saturated heterocycles. The number of carbonyl (C=O) groups excluding carboxylic acids is 2. The van der Waals surface area contributed by atoms with E-state index in [0.717, 1.165) is 24.1 Å². The lowest BCUT2D eigenvalue weighted by Gasteiger charge is -2.07. The lowest BCUT2D eigenvalue weighted by Crippen LogP contribution is -2.35. The van der Waals surface area contributed by atoms with Gasteiger partial charge in [0.2, 0.25) is 0 Å². The predicted molar refractivity (Wildman–Crippen MR) is 99.8 cm³/mol. The van der Waals surface area contributed by atoms with E-state index >= 15 is 0 Å². The Hall–Kier alpha value is -2.66. The van der Waals surface area contributed by atoms with Gasteiger partial charge in [0.25, 0.3) is 11.8 Å². The molecule has 0 heterocycles. The average molecular weight is 358 g/mol. The Kier molecular flexibility index (Phi) is 7.16. The third-order valence-corrected chi connectivity index (χ3v) is 3.68. The fourth-order valence-corrected chi connectivity index (χ4v) is 2.29. The van der Waals surface area contributed by atoms with E-state index in [-0.39, 0.29) is 18.4 Å². The largest absolute Gasteiger partial charge is 0.343 e. The van der Waals surface area contributed by atoms with Crippen LogP contribution in [0.1, 0.15) is 35.7 Å². The SMILES string of the molecule is CCC/C(=N/NC(=O)CNC(=O)c1ccc(Cl)cc1)c1ccccc1. The Morgan fingerprint density at radius 1 is 1.00 bits per heavy atom. The van der Waals surface area contributed by atoms with Crippen molar-refractivity contribution in [3.8, 4) is 0 Å². The van der Waals surface area contributed by atoms with Crippen LogP contribution in [0.15, 0.2) is 59.7 Å². The van der Waals surface area contributed by atoms with Crippen LogP contribution in [0.3, 0.4) is 0 Å². The van der Waals surface area contributed by atoms with Crippen molar-refractivity contribution >= 4 is 29.1 Å². The molecule has 0 aliphatic heterocycles. The van der Waals surface area contributed by atoms with Crippen LogP contribution in [0.2, 0.25) is 5.02 Å². The predicted octanol–water partition coefficient (Wildman–Crippen LogP) is 3.39. The molecule has 0 aliphatic carbocycles. The number of nitrogens with one attached hydrogen (secondary N) is 2. The first-order valence-corrected chi connectivity index (χ1v) is 8.42. The van der Waals surface area contributed by atoms with Crippen LogP contribution in [-0.2, 0) is 4.79 Å². The number of benzene rings is 2. The molecule has 0 aromatic heterocycles. The normalized spacial score (nSPS) is 11.0. The molecule has 2 aromatic rings. The number of hydrazone groups is 1. The molecule has 2 rings (SSSR count). The van der Waals surface area contributed by atoms with Crippen molar-refractivity contribution in [2.45, 2.75) is 19.8 Å². The van der Waals surface area contributed by atoms with Crippen molar-refractivity contribution in [1.29, 1.82) is 0 Å². The van der Waals surface area contributed by atoms with E-state index in [1.54, 1.807) is 24.3 Å². The maximum Gasteiger partial charge on any atom is 0.259 e. The van der Waals surface area contributed by atoms with Crippen LogP contribution in [0, 0.1) is 0 Å². The quantitative estimate of drug-likeness (QED) is 0.589. The van der Waals surface area contributed by atoms with Crippen LogP contribution in [0.4, 0.5) is 0 Å². The number of nitrogens with zero attached hydrogens (tertiary/aromatic N) is 1. The van der Waals surface area contributed by atoms with Gasteiger partial charge in [-0.1, -0.05) is 55.3 Å². The highest BCUT2D eigenvalue weighted by Gasteiger charge is 2.08. The molecule has 0 bridgehead atoms. The number of amides is 2. The van der Waals surface area contributed by atoms with Gasteiger partial charge >= 0.3 is 0 Å². The zero-order chi connectivity index (χ0) is 18.1. The van der Waals surface area contributed by atoms with Crippen LogP contribution >= 0.6 is 11.6 Å². The molecule has 0 saturated carbocycles. The number of halogens is 1. The molecular formula is C19H20ClN3O2. The first-order valence-electron chi connectivity index (χ1n) is 8.04. The van der Waals surface area contributed by atoms with Gasteiger partial charge in [0.15, 0.2) is 0 Å². The molecule has 0 atom stereocenters. The summed E-state index contributed by atoms with van der Waals surface area (Å²) in [6.07, 6.45) is 1.67. The monoisotopic (exact) mass is 357 g/mol. The second-order valence-electron chi connectivity index (χ2n) is 5.40. The van der Waals surface area contributed by atoms with Gasteiger partial charge in [-0.2, -0.15) is 5.10 Å². The van der Waals surface area contributed by atoms with E-state index in [0.29, 0.717) is 10.6 Å². The van der Waals surface area contributed by atoms with Gasteiger partial charge in [0.1, 0.15) is 0 Å². The highest BCUT2D eigenvalue weighted by Crippen LogP contribution is 2.09. The van der Waals surface area contributed by atoms with Crippen molar-refractivity contribution in [3.63, 3.8) is 0 Å². The molecule has 2 amide bonds. The average Bonchev–Trinajstić information content (AvgIpc) is 2.64. The molecular weight excluding hydrogens is 338 g/mol. The number of carbonyl (C=O) groups is 2. The summed E-state index contributed by atoms with van der Waals surface area (Å²) in [4.78, 5) is 23.9. The number of hydrogen-bond donors (Lipinski definition) is 2. The van der Waals surface area contributed by atoms with E-state index < -0.39 is 0 Å². The first-order chi connectivity index (χ1) is 12.1. The van der Waals surface area contributed by atoms with Gasteiger partial charge in [0.05, 0.1) is 12.3 Å². The van der Waals surface area contributed by atoms with Gasteiger partial charge in [-0.3, -0.25) is 9.59 Å². The first kappa shape index (κ1) is 18.7. The maximum atomic E-state index is 12.0. The minimum Gasteiger partial charge on any atom is -0.343 e. The van der Waals surface area contributed by atoms with Crippen LogP contribution < -0.4 is 10.7 Å². The molecule has 2 aromatic carbocycles. The highest BCUT2D eigenvalue weighted by atomic mass is 35.5. The molecule has 6 heteroatoms. The summed E-state index contributed by atoms with van der Waals surface area (Å²) in [5, 5.41) is 7.29. The molecule has 25 heavy (non-hydrogen) atoms. The third kappa shape index (κ3) is 6.04. The van der Waals surface area contributed by atoms with Crippen molar-refractivity contribution in [2.24, 2.45) is 5.10 Å². The number of rotatable bonds is 7. The lowest BCUT2D eigenvalue weighted by atomic mass is 10.1. The number of hydrogen-bond acceptors (Lipinski definition) is 3. The Balaban J connectivity index is 1.90. The van der Waals surface area contributed by atoms with Gasteiger partial charge in [-0.15, -0.1) is 0 Å². The molecule has 2 N–H and O–H groups in total. The topological polar surface area (TPSA) is 70.6 Å². The van der Waals surface area contributed by atoms with E-state index in [1.807, 2.05) is 37.3 Å². The molecule has 5 nitrogen and oxygen atoms in total. The van der Waals surface area contributed by atoms with E-state index in [9.17, 15) is 9.59 Å². The fraction of sp³-hybridized carbons (Fsp3) is 0.211. The maximum absolute atomic E-state index is 12.0. The Morgan fingerprint density at radius 3 is 2.32 bits per heavy atom. The summed E-state index contributed by atoms with van der Waals surface area (Å²) < 4.78 is 0. The summed E-state index contributed by atoms with van der Waals surface area (Å²) in [7, 11) is 0. The molecule has 0 radical (unpaired) electrons. The minimum absolute atomic E-state index is 0.154. The van der Waals surface area contributed by atoms with E-state index in [2.05, 4.69) is 15.8 Å². The fourth-order valence-electron chi connectivity index (χ4n) is 2.17. The summed E-state index contributed by atoms with van der Waals surface area (Å²) in [6.45, 7) is 1.89. The lowest BCUT2D eigenvalue weighted by molar-refractivity contribution is -0.120. The van der Waals surface area contributed by atoms with E-state index in [1.165, 1.54) is 0 Å². The van der Waals surface area contributed by atoms with Crippen LogP contribution in [0.5, 0.6) is 0 Å². The highest BCUT2D eigenvalue weighted by molar-refractivity contribution is 6.30. The van der Waals surface area contributed by atoms with Crippen molar-refractivity contribution in [3.05, 3.63) is 70.7 Å². The minimum atomic E-state index is -0.383. The molecule has 0 aliphatic rings. The molecule has 130 valence electrons. The summed E-state index contributed by atoms with van der Waals surface area (Å²) >= 11 is 5.78. The summed E-state index contributed by atoms with van der Waals surface area (Å²) in [6, 6.07) is 16.1. The Labute approximate surface area is 152 Å². The van der Waals surface area contributed by atoms with Crippen molar-refractivity contribution < 1.29 is 9.59 Å². The van der Waals surface area contributed by atoms with Crippen molar-refractivity contribution in [2.75, 3.05) is 6.54 Å². The zero-order valence-corrected chi connectivity index (χ0v) is 14.7. The Bertz CT molecular complexity index is 743. The third-order valence-electron chi connectivity index (χ3n) is 3.43. The van der Waals surface area contributed by atoms with Gasteiger partial charge in [-0.05, 0) is 36.2 Å². The zero-order valence-electron chi connectivity index (χ0n) is 14.0. The standard InChI is InChI=1S/C19H20ClN3O2/c1-2-6-17(14-7-4-3-5-8-14)22-23-18(24)13-21-19(25)15-9-11-16(20)12-10-15/h3-5,7-12H,2,6,13H2,1H3,(H,21,25)(H,23,24)/b22-17-. The van der Waals surface area contributed by atoms with E-state index in [4.69, 9.17) is 11.6 Å². The smallest absolute Gasteiger partial charge is 0.259 e. The van der Waals surface area contributed by atoms with Gasteiger partial charge < -0.3 is 5.32 Å². The summed E-state index contributed by atoms with van der Waals surface area (Å²) in [5.41, 5.74) is 4.71. The molecule has 0 fully saturated rings. The van der Waals surface area contributed by atoms with Crippen LogP contribution in [0.25, 0.3) is 0 Å². The van der Waals surface area contributed by atoms with Gasteiger partial charge in [-0.25, -0.2) is 5.43 Å². The summed E-state index contributed by atoms with van der Waals surface area (Å²) in [5.74, 6) is -0.723. The molecule has 0 unspecified atom stereocenters.